The predicted molar refractivity (Wildman–Crippen MR) is 57.0 cm³/mol. The average molecular weight is 230 g/mol. The lowest BCUT2D eigenvalue weighted by Crippen LogP contribution is -2.20. The van der Waals surface area contributed by atoms with E-state index in [1.807, 2.05) is 24.3 Å². The Bertz CT molecular complexity index is 218. The van der Waals surface area contributed by atoms with Gasteiger partial charge in [-0.25, -0.2) is 0 Å². The first-order valence-corrected chi connectivity index (χ1v) is 3.39. The normalized spacial score (nSPS) is 8.17. The molecular formula is C7H11Cl3N2. The van der Waals surface area contributed by atoms with Crippen LogP contribution in [-0.2, 0) is 6.54 Å². The van der Waals surface area contributed by atoms with Crippen LogP contribution in [0.3, 0.4) is 0 Å². The van der Waals surface area contributed by atoms with Crippen LogP contribution in [0.25, 0.3) is 0 Å². The predicted octanol–water partition coefficient (Wildman–Crippen LogP) is 2.15. The third-order valence-electron chi connectivity index (χ3n) is 1.25. The van der Waals surface area contributed by atoms with Gasteiger partial charge in [-0.3, -0.25) is 11.3 Å². The lowest BCUT2D eigenvalue weighted by Gasteiger charge is -2.00. The van der Waals surface area contributed by atoms with Crippen LogP contribution >= 0.6 is 36.4 Å². The molecule has 12 heavy (non-hydrogen) atoms. The Morgan fingerprint density at radius 1 is 1.25 bits per heavy atom. The van der Waals surface area contributed by atoms with E-state index >= 15 is 0 Å². The quantitative estimate of drug-likeness (QED) is 0.602. The van der Waals surface area contributed by atoms with Crippen LogP contribution in [0.5, 0.6) is 0 Å². The van der Waals surface area contributed by atoms with Gasteiger partial charge in [0.1, 0.15) is 0 Å². The molecular weight excluding hydrogens is 218 g/mol. The van der Waals surface area contributed by atoms with Gasteiger partial charge in [0.15, 0.2) is 0 Å². The van der Waals surface area contributed by atoms with E-state index in [0.29, 0.717) is 6.54 Å². The van der Waals surface area contributed by atoms with Crippen molar-refractivity contribution in [1.82, 2.24) is 5.43 Å². The fraction of sp³-hybridized carbons (Fsp3) is 0.143. The molecule has 0 heterocycles. The summed E-state index contributed by atoms with van der Waals surface area (Å²) in [7, 11) is 0. The van der Waals surface area contributed by atoms with E-state index < -0.39 is 0 Å². The minimum atomic E-state index is 0. The molecule has 0 spiro atoms. The minimum absolute atomic E-state index is 0. The van der Waals surface area contributed by atoms with Crippen LogP contribution in [0.2, 0.25) is 5.02 Å². The second-order valence-corrected chi connectivity index (χ2v) is 2.38. The summed E-state index contributed by atoms with van der Waals surface area (Å²) in [5.41, 5.74) is 3.56. The van der Waals surface area contributed by atoms with E-state index in [9.17, 15) is 0 Å². The van der Waals surface area contributed by atoms with Crippen LogP contribution in [0.15, 0.2) is 24.3 Å². The van der Waals surface area contributed by atoms with Gasteiger partial charge in [-0.2, -0.15) is 0 Å². The highest BCUT2D eigenvalue weighted by molar-refractivity contribution is 6.31. The zero-order chi connectivity index (χ0) is 7.40. The first-order valence-electron chi connectivity index (χ1n) is 3.01. The highest BCUT2D eigenvalue weighted by atomic mass is 35.5. The van der Waals surface area contributed by atoms with Gasteiger partial charge >= 0.3 is 0 Å². The number of rotatable bonds is 2. The molecule has 0 saturated heterocycles. The maximum atomic E-state index is 5.81. The van der Waals surface area contributed by atoms with Crippen LogP contribution < -0.4 is 11.3 Å². The van der Waals surface area contributed by atoms with Gasteiger partial charge in [0.25, 0.3) is 0 Å². The van der Waals surface area contributed by atoms with E-state index in [1.54, 1.807) is 0 Å². The van der Waals surface area contributed by atoms with Gasteiger partial charge in [0.05, 0.1) is 0 Å². The number of nitrogens with one attached hydrogen (secondary N) is 1. The smallest absolute Gasteiger partial charge is 0.0451 e. The molecule has 1 aromatic carbocycles. The molecule has 0 amide bonds. The fourth-order valence-corrected chi connectivity index (χ4v) is 0.954. The Labute approximate surface area is 89.3 Å². The fourth-order valence-electron chi connectivity index (χ4n) is 0.752. The molecule has 0 unspecified atom stereocenters. The first-order chi connectivity index (χ1) is 4.84. The summed E-state index contributed by atoms with van der Waals surface area (Å²) >= 11 is 5.81. The monoisotopic (exact) mass is 228 g/mol. The second-order valence-electron chi connectivity index (χ2n) is 1.97. The lowest BCUT2D eigenvalue weighted by molar-refractivity contribution is 0.741. The molecule has 0 radical (unpaired) electrons. The van der Waals surface area contributed by atoms with Gasteiger partial charge in [0.2, 0.25) is 0 Å². The van der Waals surface area contributed by atoms with Crippen molar-refractivity contribution in [2.75, 3.05) is 0 Å². The largest absolute Gasteiger partial charge is 0.271 e. The summed E-state index contributed by atoms with van der Waals surface area (Å²) in [4.78, 5) is 0. The van der Waals surface area contributed by atoms with Crippen LogP contribution in [-0.4, -0.2) is 0 Å². The van der Waals surface area contributed by atoms with Crippen molar-refractivity contribution in [3.05, 3.63) is 34.9 Å². The van der Waals surface area contributed by atoms with Crippen molar-refractivity contribution in [3.63, 3.8) is 0 Å². The van der Waals surface area contributed by atoms with E-state index in [0.717, 1.165) is 10.6 Å². The number of halogens is 3. The molecule has 0 aliphatic heterocycles. The molecule has 1 rings (SSSR count). The third-order valence-corrected chi connectivity index (χ3v) is 1.62. The number of hydrazine groups is 1. The Morgan fingerprint density at radius 2 is 1.83 bits per heavy atom. The standard InChI is InChI=1S/C7H9ClN2.2ClH/c8-7-4-2-1-3-6(7)5-10-9;;/h1-4,10H,5,9H2;2*1H. The van der Waals surface area contributed by atoms with E-state index in [2.05, 4.69) is 5.43 Å². The van der Waals surface area contributed by atoms with Gasteiger partial charge in [-0.05, 0) is 11.6 Å². The number of nitrogens with two attached hydrogens (primary N) is 1. The van der Waals surface area contributed by atoms with Crippen molar-refractivity contribution < 1.29 is 0 Å². The summed E-state index contributed by atoms with van der Waals surface area (Å²) in [5.74, 6) is 5.12. The van der Waals surface area contributed by atoms with Gasteiger partial charge in [0, 0.05) is 11.6 Å². The molecule has 0 atom stereocenters. The zero-order valence-electron chi connectivity index (χ0n) is 6.29. The highest BCUT2D eigenvalue weighted by Crippen LogP contribution is 2.13. The lowest BCUT2D eigenvalue weighted by atomic mass is 10.2. The molecule has 0 fully saturated rings. The molecule has 3 N–H and O–H groups in total. The first kappa shape index (κ1) is 14.5. The molecule has 0 saturated carbocycles. The summed E-state index contributed by atoms with van der Waals surface area (Å²) in [5, 5.41) is 0.750. The summed E-state index contributed by atoms with van der Waals surface area (Å²) in [6, 6.07) is 7.59. The molecule has 0 aliphatic carbocycles. The van der Waals surface area contributed by atoms with Gasteiger partial charge < -0.3 is 0 Å². The number of hydrogen-bond acceptors (Lipinski definition) is 2. The number of hydrogen-bond donors (Lipinski definition) is 2. The summed E-state index contributed by atoms with van der Waals surface area (Å²) in [6.07, 6.45) is 0. The molecule has 0 bridgehead atoms. The van der Waals surface area contributed by atoms with Gasteiger partial charge in [-0.15, -0.1) is 24.8 Å². The maximum absolute atomic E-state index is 5.81. The summed E-state index contributed by atoms with van der Waals surface area (Å²) < 4.78 is 0. The second kappa shape index (κ2) is 7.65. The molecule has 70 valence electrons. The average Bonchev–Trinajstić information content (AvgIpc) is 1.94. The third kappa shape index (κ3) is 4.14. The van der Waals surface area contributed by atoms with Crippen molar-refractivity contribution >= 4 is 36.4 Å². The van der Waals surface area contributed by atoms with Gasteiger partial charge in [-0.1, -0.05) is 29.8 Å². The molecule has 1 aromatic rings. The van der Waals surface area contributed by atoms with Crippen LogP contribution in [0.1, 0.15) is 5.56 Å². The van der Waals surface area contributed by atoms with Crippen molar-refractivity contribution in [2.24, 2.45) is 5.84 Å². The van der Waals surface area contributed by atoms with Crippen LogP contribution in [0.4, 0.5) is 0 Å². The van der Waals surface area contributed by atoms with Crippen molar-refractivity contribution in [3.8, 4) is 0 Å². The minimum Gasteiger partial charge on any atom is -0.271 e. The maximum Gasteiger partial charge on any atom is 0.0451 e. The Kier molecular flexibility index (Phi) is 9.26. The Balaban J connectivity index is 0. The molecule has 5 heteroatoms. The zero-order valence-corrected chi connectivity index (χ0v) is 8.68. The van der Waals surface area contributed by atoms with E-state index in [4.69, 9.17) is 17.4 Å². The van der Waals surface area contributed by atoms with Crippen molar-refractivity contribution in [2.45, 2.75) is 6.54 Å². The Hall–Kier alpha value is 0.01000. The molecule has 0 aliphatic rings. The van der Waals surface area contributed by atoms with Crippen molar-refractivity contribution in [1.29, 1.82) is 0 Å². The highest BCUT2D eigenvalue weighted by Gasteiger charge is 1.94. The van der Waals surface area contributed by atoms with E-state index in [-0.39, 0.29) is 24.8 Å². The number of benzene rings is 1. The topological polar surface area (TPSA) is 38.0 Å². The Morgan fingerprint density at radius 3 is 2.33 bits per heavy atom. The van der Waals surface area contributed by atoms with E-state index in [1.165, 1.54) is 0 Å². The summed E-state index contributed by atoms with van der Waals surface area (Å²) in [6.45, 7) is 0.611. The SMILES string of the molecule is Cl.Cl.NNCc1ccccc1Cl. The van der Waals surface area contributed by atoms with Crippen LogP contribution in [0, 0.1) is 0 Å². The molecule has 2 nitrogen and oxygen atoms in total. The molecule has 0 aromatic heterocycles.